The molecule has 1 aromatic rings. The molecule has 66 valence electrons. The summed E-state index contributed by atoms with van der Waals surface area (Å²) in [4.78, 5) is 0. The van der Waals surface area contributed by atoms with Crippen molar-refractivity contribution >= 4 is 21.6 Å². The Labute approximate surface area is 78.5 Å². The Morgan fingerprint density at radius 3 is 2.83 bits per heavy atom. The highest BCUT2D eigenvalue weighted by Gasteiger charge is 2.03. The normalized spacial score (nSPS) is 9.92. The van der Waals surface area contributed by atoms with Crippen LogP contribution in [-0.4, -0.2) is 18.3 Å². The molecule has 0 amide bonds. The van der Waals surface area contributed by atoms with Gasteiger partial charge in [0.25, 0.3) is 0 Å². The Hall–Kier alpha value is -0.610. The van der Waals surface area contributed by atoms with E-state index in [-0.39, 0.29) is 12.4 Å². The van der Waals surface area contributed by atoms with Crippen LogP contribution in [0.4, 0.5) is 10.1 Å². The van der Waals surface area contributed by atoms with E-state index in [9.17, 15) is 4.39 Å². The van der Waals surface area contributed by atoms with Gasteiger partial charge >= 0.3 is 0 Å². The van der Waals surface area contributed by atoms with Crippen LogP contribution in [0.2, 0.25) is 0 Å². The monoisotopic (exact) mass is 233 g/mol. The Morgan fingerprint density at radius 2 is 2.25 bits per heavy atom. The van der Waals surface area contributed by atoms with Crippen molar-refractivity contribution < 1.29 is 9.50 Å². The van der Waals surface area contributed by atoms with E-state index in [1.807, 2.05) is 0 Å². The van der Waals surface area contributed by atoms with Crippen LogP contribution in [0.1, 0.15) is 0 Å². The van der Waals surface area contributed by atoms with Crippen molar-refractivity contribution in [3.63, 3.8) is 0 Å². The molecule has 0 aliphatic heterocycles. The summed E-state index contributed by atoms with van der Waals surface area (Å²) in [6, 6.07) is 4.72. The molecule has 0 saturated heterocycles. The van der Waals surface area contributed by atoms with Gasteiger partial charge in [-0.05, 0) is 28.1 Å². The number of hydrogen-bond acceptors (Lipinski definition) is 2. The Balaban J connectivity index is 2.81. The van der Waals surface area contributed by atoms with Crippen LogP contribution in [0.3, 0.4) is 0 Å². The third-order valence-electron chi connectivity index (χ3n) is 1.38. The SMILES string of the molecule is OCCNc1c(F)cccc1Br. The van der Waals surface area contributed by atoms with Gasteiger partial charge in [0.2, 0.25) is 0 Å². The zero-order chi connectivity index (χ0) is 8.97. The number of nitrogens with one attached hydrogen (secondary N) is 1. The third kappa shape index (κ3) is 2.19. The number of halogens is 2. The standard InChI is InChI=1S/C8H9BrFNO/c9-6-2-1-3-7(10)8(6)11-4-5-12/h1-3,11-12H,4-5H2. The summed E-state index contributed by atoms with van der Waals surface area (Å²) in [5, 5.41) is 11.3. The molecule has 0 aromatic heterocycles. The molecular formula is C8H9BrFNO. The van der Waals surface area contributed by atoms with Crippen molar-refractivity contribution in [1.29, 1.82) is 0 Å². The molecule has 0 aliphatic rings. The molecule has 1 aromatic carbocycles. The van der Waals surface area contributed by atoms with E-state index in [0.29, 0.717) is 16.7 Å². The van der Waals surface area contributed by atoms with Gasteiger partial charge in [-0.25, -0.2) is 4.39 Å². The molecule has 0 heterocycles. The fourth-order valence-electron chi connectivity index (χ4n) is 0.848. The Kier molecular flexibility index (Phi) is 3.49. The molecule has 0 radical (unpaired) electrons. The van der Waals surface area contributed by atoms with E-state index in [1.165, 1.54) is 6.07 Å². The highest BCUT2D eigenvalue weighted by atomic mass is 79.9. The molecule has 0 bridgehead atoms. The van der Waals surface area contributed by atoms with E-state index >= 15 is 0 Å². The largest absolute Gasteiger partial charge is 0.395 e. The second-order valence-corrected chi connectivity index (χ2v) is 3.10. The number of rotatable bonds is 3. The fourth-order valence-corrected chi connectivity index (χ4v) is 1.33. The lowest BCUT2D eigenvalue weighted by Crippen LogP contribution is -2.07. The maximum atomic E-state index is 13.0. The first-order valence-electron chi connectivity index (χ1n) is 3.54. The van der Waals surface area contributed by atoms with Crippen LogP contribution in [0.25, 0.3) is 0 Å². The minimum Gasteiger partial charge on any atom is -0.395 e. The number of para-hydroxylation sites is 1. The topological polar surface area (TPSA) is 32.3 Å². The van der Waals surface area contributed by atoms with Crippen LogP contribution in [0.15, 0.2) is 22.7 Å². The van der Waals surface area contributed by atoms with Gasteiger partial charge in [-0.3, -0.25) is 0 Å². The zero-order valence-electron chi connectivity index (χ0n) is 6.35. The number of anilines is 1. The summed E-state index contributed by atoms with van der Waals surface area (Å²) in [7, 11) is 0. The molecule has 2 nitrogen and oxygen atoms in total. The second-order valence-electron chi connectivity index (χ2n) is 2.25. The van der Waals surface area contributed by atoms with Gasteiger partial charge in [0.05, 0.1) is 12.3 Å². The van der Waals surface area contributed by atoms with Crippen LogP contribution in [0, 0.1) is 5.82 Å². The van der Waals surface area contributed by atoms with Crippen molar-refractivity contribution in [2.45, 2.75) is 0 Å². The summed E-state index contributed by atoms with van der Waals surface area (Å²) in [5.41, 5.74) is 0.395. The second kappa shape index (κ2) is 4.42. The van der Waals surface area contributed by atoms with E-state index < -0.39 is 0 Å². The van der Waals surface area contributed by atoms with Gasteiger partial charge in [0, 0.05) is 11.0 Å². The predicted molar refractivity (Wildman–Crippen MR) is 49.7 cm³/mol. The molecule has 0 fully saturated rings. The third-order valence-corrected chi connectivity index (χ3v) is 2.04. The highest BCUT2D eigenvalue weighted by Crippen LogP contribution is 2.24. The van der Waals surface area contributed by atoms with E-state index in [2.05, 4.69) is 21.2 Å². The first kappa shape index (κ1) is 9.48. The number of aliphatic hydroxyl groups is 1. The maximum absolute atomic E-state index is 13.0. The smallest absolute Gasteiger partial charge is 0.147 e. The number of benzene rings is 1. The average molecular weight is 234 g/mol. The van der Waals surface area contributed by atoms with Crippen molar-refractivity contribution in [2.75, 3.05) is 18.5 Å². The van der Waals surface area contributed by atoms with Crippen LogP contribution >= 0.6 is 15.9 Å². The lowest BCUT2D eigenvalue weighted by molar-refractivity contribution is 0.311. The molecule has 4 heteroatoms. The maximum Gasteiger partial charge on any atom is 0.147 e. The lowest BCUT2D eigenvalue weighted by atomic mass is 10.3. The van der Waals surface area contributed by atoms with E-state index in [1.54, 1.807) is 12.1 Å². The fraction of sp³-hybridized carbons (Fsp3) is 0.250. The molecule has 1 rings (SSSR count). The molecule has 0 spiro atoms. The van der Waals surface area contributed by atoms with Crippen molar-refractivity contribution in [2.24, 2.45) is 0 Å². The minimum absolute atomic E-state index is 0.0131. The number of hydrogen-bond donors (Lipinski definition) is 2. The molecular weight excluding hydrogens is 225 g/mol. The van der Waals surface area contributed by atoms with Gasteiger partial charge < -0.3 is 10.4 Å². The highest BCUT2D eigenvalue weighted by molar-refractivity contribution is 9.10. The van der Waals surface area contributed by atoms with Crippen LogP contribution in [-0.2, 0) is 0 Å². The Morgan fingerprint density at radius 1 is 1.50 bits per heavy atom. The van der Waals surface area contributed by atoms with Crippen molar-refractivity contribution in [3.05, 3.63) is 28.5 Å². The first-order valence-corrected chi connectivity index (χ1v) is 4.33. The molecule has 12 heavy (non-hydrogen) atoms. The van der Waals surface area contributed by atoms with Crippen molar-refractivity contribution in [3.8, 4) is 0 Å². The van der Waals surface area contributed by atoms with Gasteiger partial charge in [-0.15, -0.1) is 0 Å². The lowest BCUT2D eigenvalue weighted by Gasteiger charge is -2.07. The zero-order valence-corrected chi connectivity index (χ0v) is 7.94. The summed E-state index contributed by atoms with van der Waals surface area (Å²) >= 11 is 3.19. The van der Waals surface area contributed by atoms with Crippen LogP contribution in [0.5, 0.6) is 0 Å². The summed E-state index contributed by atoms with van der Waals surface area (Å²) in [6.07, 6.45) is 0. The average Bonchev–Trinajstić information content (AvgIpc) is 2.04. The van der Waals surface area contributed by atoms with Crippen molar-refractivity contribution in [1.82, 2.24) is 0 Å². The summed E-state index contributed by atoms with van der Waals surface area (Å²) < 4.78 is 13.7. The molecule has 2 N–H and O–H groups in total. The van der Waals surface area contributed by atoms with Gasteiger partial charge in [-0.1, -0.05) is 6.07 Å². The minimum atomic E-state index is -0.321. The van der Waals surface area contributed by atoms with E-state index in [0.717, 1.165) is 0 Å². The summed E-state index contributed by atoms with van der Waals surface area (Å²) in [5.74, 6) is -0.321. The first-order chi connectivity index (χ1) is 5.75. The molecule has 0 saturated carbocycles. The van der Waals surface area contributed by atoms with Gasteiger partial charge in [0.1, 0.15) is 5.82 Å². The van der Waals surface area contributed by atoms with Gasteiger partial charge in [0.15, 0.2) is 0 Å². The predicted octanol–water partition coefficient (Wildman–Crippen LogP) is 1.99. The summed E-state index contributed by atoms with van der Waals surface area (Å²) in [6.45, 7) is 0.334. The molecule has 0 aliphatic carbocycles. The number of aliphatic hydroxyl groups excluding tert-OH is 1. The molecule has 0 atom stereocenters. The van der Waals surface area contributed by atoms with Gasteiger partial charge in [-0.2, -0.15) is 0 Å². The quantitative estimate of drug-likeness (QED) is 0.838. The molecule has 0 unspecified atom stereocenters. The van der Waals surface area contributed by atoms with E-state index in [4.69, 9.17) is 5.11 Å². The Bertz CT molecular complexity index is 247. The van der Waals surface area contributed by atoms with Crippen LogP contribution < -0.4 is 5.32 Å².